The van der Waals surface area contributed by atoms with Gasteiger partial charge in [0.25, 0.3) is 0 Å². The SMILES string of the molecule is CC1=Cc2c(-c3ccccc3)cccc2C1[Si](C)(C)NC1CCCCCCCCCCC1.[Ti].[Ti].[Ti].[Ti]. The second kappa shape index (κ2) is 18.5. The average molecular weight is 637 g/mol. The van der Waals surface area contributed by atoms with Crippen molar-refractivity contribution in [2.75, 3.05) is 0 Å². The summed E-state index contributed by atoms with van der Waals surface area (Å²) in [5.74, 6) is 0. The first-order valence-electron chi connectivity index (χ1n) is 13.2. The van der Waals surface area contributed by atoms with Crippen LogP contribution >= 0.6 is 0 Å². The largest absolute Gasteiger partial charge is 0.334 e. The zero-order valence-corrected chi connectivity index (χ0v) is 29.9. The second-order valence-electron chi connectivity index (χ2n) is 10.8. The fourth-order valence-electron chi connectivity index (χ4n) is 6.30. The fourth-order valence-corrected chi connectivity index (χ4v) is 10.1. The van der Waals surface area contributed by atoms with Crippen LogP contribution in [0.5, 0.6) is 0 Å². The predicted octanol–water partition coefficient (Wildman–Crippen LogP) is 8.85. The smallest absolute Gasteiger partial charge is 0.131 e. The van der Waals surface area contributed by atoms with Gasteiger partial charge in [-0.15, -0.1) is 0 Å². The molecule has 36 heavy (non-hydrogen) atoms. The van der Waals surface area contributed by atoms with Gasteiger partial charge < -0.3 is 4.98 Å². The molecule has 1 unspecified atom stereocenters. The molecule has 2 aliphatic rings. The van der Waals surface area contributed by atoms with Crippen LogP contribution in [0.3, 0.4) is 0 Å². The van der Waals surface area contributed by atoms with Crippen molar-refractivity contribution < 1.29 is 86.9 Å². The molecule has 6 heteroatoms. The standard InChI is InChI=1S/C30H43NSi.4Ti/c1-24-23-29-27(25-17-12-11-13-18-25)21-16-22-28(29)30(24)32(2,3)31-26-19-14-9-7-5-4-6-8-10-15-20-26;;;;/h11-13,16-18,21-23,26,30-31H,4-10,14-15,19-20H2,1-3H3;;;;. The maximum Gasteiger partial charge on any atom is 0.131 e. The summed E-state index contributed by atoms with van der Waals surface area (Å²) in [5, 5.41) is 0. The summed E-state index contributed by atoms with van der Waals surface area (Å²) in [6.45, 7) is 7.53. The van der Waals surface area contributed by atoms with E-state index in [1.807, 2.05) is 0 Å². The van der Waals surface area contributed by atoms with Gasteiger partial charge in [-0.25, -0.2) is 0 Å². The summed E-state index contributed by atoms with van der Waals surface area (Å²) in [6.07, 6.45) is 18.1. The molecule has 1 nitrogen and oxygen atoms in total. The summed E-state index contributed by atoms with van der Waals surface area (Å²) in [7, 11) is -1.70. The van der Waals surface area contributed by atoms with Gasteiger partial charge in [-0.05, 0) is 42.0 Å². The van der Waals surface area contributed by atoms with Crippen molar-refractivity contribution in [2.45, 2.75) is 102 Å². The van der Waals surface area contributed by atoms with E-state index in [9.17, 15) is 0 Å². The topological polar surface area (TPSA) is 12.0 Å². The number of hydrogen-bond acceptors (Lipinski definition) is 1. The average Bonchev–Trinajstić information content (AvgIpc) is 3.13. The Morgan fingerprint density at radius 1 is 0.667 bits per heavy atom. The van der Waals surface area contributed by atoms with E-state index < -0.39 is 8.24 Å². The van der Waals surface area contributed by atoms with Crippen molar-refractivity contribution >= 4 is 14.3 Å². The third kappa shape index (κ3) is 10.00. The third-order valence-corrected chi connectivity index (χ3v) is 11.1. The van der Waals surface area contributed by atoms with Crippen LogP contribution in [0.1, 0.15) is 94.2 Å². The maximum absolute atomic E-state index is 4.32. The Balaban J connectivity index is 0.00000306. The summed E-state index contributed by atoms with van der Waals surface area (Å²) >= 11 is 0. The van der Waals surface area contributed by atoms with Crippen LogP contribution in [0.2, 0.25) is 13.1 Å². The van der Waals surface area contributed by atoms with Crippen molar-refractivity contribution in [2.24, 2.45) is 0 Å². The van der Waals surface area contributed by atoms with Crippen LogP contribution in [-0.4, -0.2) is 14.3 Å². The summed E-state index contributed by atoms with van der Waals surface area (Å²) in [6, 6.07) is 18.6. The van der Waals surface area contributed by atoms with Gasteiger partial charge in [0.05, 0.1) is 0 Å². The molecule has 1 fully saturated rings. The van der Waals surface area contributed by atoms with E-state index in [2.05, 4.69) is 79.6 Å². The van der Waals surface area contributed by atoms with Gasteiger partial charge in [0, 0.05) is 98.5 Å². The number of fused-ring (bicyclic) bond motifs is 1. The van der Waals surface area contributed by atoms with Crippen LogP contribution < -0.4 is 4.98 Å². The van der Waals surface area contributed by atoms with Crippen molar-refractivity contribution in [1.82, 2.24) is 4.98 Å². The third-order valence-electron chi connectivity index (χ3n) is 7.77. The molecular formula is C30H43NSiTi4. The molecule has 0 aliphatic heterocycles. The molecule has 0 radical (unpaired) electrons. The number of rotatable bonds is 4. The summed E-state index contributed by atoms with van der Waals surface area (Å²) in [5.41, 5.74) is 7.87. The van der Waals surface area contributed by atoms with Gasteiger partial charge in [0.15, 0.2) is 0 Å². The zero-order chi connectivity index (χ0) is 22.4. The van der Waals surface area contributed by atoms with Crippen LogP contribution in [0.15, 0.2) is 54.1 Å². The van der Waals surface area contributed by atoms with Gasteiger partial charge in [0.1, 0.15) is 8.24 Å². The molecule has 0 amide bonds. The molecule has 2 aliphatic carbocycles. The van der Waals surface area contributed by atoms with Gasteiger partial charge in [-0.1, -0.05) is 131 Å². The monoisotopic (exact) mass is 637 g/mol. The van der Waals surface area contributed by atoms with Crippen LogP contribution in [0.25, 0.3) is 17.2 Å². The number of allylic oxidation sites excluding steroid dienone is 1. The first kappa shape index (κ1) is 37.2. The molecule has 0 heterocycles. The first-order valence-corrected chi connectivity index (χ1v) is 16.3. The molecule has 2 aromatic rings. The number of benzene rings is 2. The summed E-state index contributed by atoms with van der Waals surface area (Å²) < 4.78 is 0. The molecular weight excluding hydrogens is 594 g/mol. The Bertz CT molecular complexity index is 904. The fraction of sp³-hybridized carbons (Fsp3) is 0.533. The second-order valence-corrected chi connectivity index (χ2v) is 15.1. The minimum atomic E-state index is -1.70. The Labute approximate surface area is 281 Å². The molecule has 0 bridgehead atoms. The van der Waals surface area contributed by atoms with E-state index in [-0.39, 0.29) is 86.9 Å². The zero-order valence-electron chi connectivity index (χ0n) is 22.6. The van der Waals surface area contributed by atoms with Gasteiger partial charge >= 0.3 is 0 Å². The van der Waals surface area contributed by atoms with Crippen LogP contribution in [0, 0.1) is 0 Å². The van der Waals surface area contributed by atoms with E-state index in [0.29, 0.717) is 11.6 Å². The van der Waals surface area contributed by atoms with E-state index in [4.69, 9.17) is 0 Å². The Hall–Kier alpha value is 1.21. The first-order chi connectivity index (χ1) is 15.6. The van der Waals surface area contributed by atoms with Gasteiger partial charge in [-0.2, -0.15) is 0 Å². The molecule has 2 aromatic carbocycles. The van der Waals surface area contributed by atoms with Gasteiger partial charge in [0.2, 0.25) is 0 Å². The number of nitrogens with one attached hydrogen (secondary N) is 1. The minimum absolute atomic E-state index is 0. The molecule has 0 aromatic heterocycles. The maximum atomic E-state index is 4.32. The van der Waals surface area contributed by atoms with Crippen LogP contribution in [-0.2, 0) is 86.9 Å². The van der Waals surface area contributed by atoms with Crippen molar-refractivity contribution in [3.05, 3.63) is 65.2 Å². The normalized spacial score (nSPS) is 19.0. The molecule has 0 spiro atoms. The van der Waals surface area contributed by atoms with Gasteiger partial charge in [-0.3, -0.25) is 0 Å². The Morgan fingerprint density at radius 3 is 1.75 bits per heavy atom. The Morgan fingerprint density at radius 2 is 1.19 bits per heavy atom. The molecule has 1 N–H and O–H groups in total. The summed E-state index contributed by atoms with van der Waals surface area (Å²) in [4.78, 5) is 4.32. The van der Waals surface area contributed by atoms with Crippen molar-refractivity contribution in [1.29, 1.82) is 0 Å². The van der Waals surface area contributed by atoms with Crippen LogP contribution in [0.4, 0.5) is 0 Å². The van der Waals surface area contributed by atoms with E-state index in [1.54, 1.807) is 11.1 Å². The van der Waals surface area contributed by atoms with E-state index >= 15 is 0 Å². The number of hydrogen-bond donors (Lipinski definition) is 1. The van der Waals surface area contributed by atoms with E-state index in [0.717, 1.165) is 0 Å². The van der Waals surface area contributed by atoms with E-state index in [1.165, 1.54) is 87.3 Å². The molecule has 188 valence electrons. The predicted molar refractivity (Wildman–Crippen MR) is 143 cm³/mol. The minimum Gasteiger partial charge on any atom is -0.334 e. The quantitative estimate of drug-likeness (QED) is 0.331. The molecule has 4 rings (SSSR count). The molecule has 1 saturated carbocycles. The van der Waals surface area contributed by atoms with Crippen molar-refractivity contribution in [3.63, 3.8) is 0 Å². The molecule has 0 saturated heterocycles. The van der Waals surface area contributed by atoms with Crippen molar-refractivity contribution in [3.8, 4) is 11.1 Å². The molecule has 1 atom stereocenters. The Kier molecular flexibility index (Phi) is 19.2.